The molecule has 2 nitrogen and oxygen atoms in total. The number of nitrogens with zero attached hydrogens (tertiary/aromatic N) is 2. The van der Waals surface area contributed by atoms with Crippen LogP contribution in [0, 0.1) is 13.8 Å². The van der Waals surface area contributed by atoms with E-state index in [9.17, 15) is 0 Å². The molecule has 0 aliphatic heterocycles. The minimum absolute atomic E-state index is 0.971. The third-order valence-electron chi connectivity index (χ3n) is 2.00. The van der Waals surface area contributed by atoms with E-state index in [1.165, 1.54) is 11.1 Å². The lowest BCUT2D eigenvalue weighted by molar-refractivity contribution is 0.999. The highest BCUT2D eigenvalue weighted by Crippen LogP contribution is 2.07. The van der Waals surface area contributed by atoms with Crippen LogP contribution in [0.25, 0.3) is 5.82 Å². The molecule has 0 aromatic carbocycles. The van der Waals surface area contributed by atoms with E-state index in [2.05, 4.69) is 30.2 Å². The number of aryl methyl sites for hydroxylation is 2. The minimum Gasteiger partial charge on any atom is -0.308 e. The van der Waals surface area contributed by atoms with Crippen LogP contribution in [0.4, 0.5) is 0 Å². The summed E-state index contributed by atoms with van der Waals surface area (Å²) in [5.41, 5.74) is 2.44. The predicted molar refractivity (Wildman–Crippen MR) is 53.0 cm³/mol. The molecule has 0 saturated carbocycles. The van der Waals surface area contributed by atoms with Gasteiger partial charge in [0, 0.05) is 18.6 Å². The Kier molecular flexibility index (Phi) is 1.89. The van der Waals surface area contributed by atoms with E-state index in [1.807, 2.05) is 30.0 Å². The molecular formula is C11H12N2. The fraction of sp³-hybridized carbons (Fsp3) is 0.182. The molecule has 2 aromatic heterocycles. The third-order valence-corrected chi connectivity index (χ3v) is 2.00. The van der Waals surface area contributed by atoms with Gasteiger partial charge in [-0.2, -0.15) is 0 Å². The first-order chi connectivity index (χ1) is 6.25. The summed E-state index contributed by atoms with van der Waals surface area (Å²) in [5, 5.41) is 0. The van der Waals surface area contributed by atoms with Crippen LogP contribution in [0.2, 0.25) is 0 Å². The van der Waals surface area contributed by atoms with E-state index in [4.69, 9.17) is 0 Å². The van der Waals surface area contributed by atoms with Crippen molar-refractivity contribution < 1.29 is 0 Å². The molecule has 2 heterocycles. The second kappa shape index (κ2) is 3.05. The SMILES string of the molecule is Cc1ccc(-n2ccc(C)c2)nc1. The first kappa shape index (κ1) is 8.05. The second-order valence-corrected chi connectivity index (χ2v) is 3.29. The summed E-state index contributed by atoms with van der Waals surface area (Å²) in [4.78, 5) is 4.32. The lowest BCUT2D eigenvalue weighted by Crippen LogP contribution is -1.93. The molecule has 2 aromatic rings. The quantitative estimate of drug-likeness (QED) is 0.646. The van der Waals surface area contributed by atoms with Gasteiger partial charge in [0.15, 0.2) is 0 Å². The molecule has 0 amide bonds. The van der Waals surface area contributed by atoms with Gasteiger partial charge < -0.3 is 4.57 Å². The molecule has 0 aliphatic rings. The van der Waals surface area contributed by atoms with Crippen molar-refractivity contribution in [2.24, 2.45) is 0 Å². The summed E-state index contributed by atoms with van der Waals surface area (Å²) >= 11 is 0. The predicted octanol–water partition coefficient (Wildman–Crippen LogP) is 2.49. The molecule has 0 atom stereocenters. The average molecular weight is 172 g/mol. The van der Waals surface area contributed by atoms with Gasteiger partial charge in [-0.25, -0.2) is 4.98 Å². The molecule has 0 spiro atoms. The average Bonchev–Trinajstić information content (AvgIpc) is 2.53. The van der Waals surface area contributed by atoms with Crippen molar-refractivity contribution in [3.8, 4) is 5.82 Å². The molecule has 0 fully saturated rings. The van der Waals surface area contributed by atoms with Gasteiger partial charge >= 0.3 is 0 Å². The molecule has 2 heteroatoms. The molecule has 0 bridgehead atoms. The van der Waals surface area contributed by atoms with E-state index >= 15 is 0 Å². The molecule has 0 saturated heterocycles. The van der Waals surface area contributed by atoms with Gasteiger partial charge in [0.2, 0.25) is 0 Å². The van der Waals surface area contributed by atoms with Gasteiger partial charge in [-0.1, -0.05) is 6.07 Å². The summed E-state index contributed by atoms with van der Waals surface area (Å²) in [6, 6.07) is 6.16. The Balaban J connectivity index is 2.41. The molecule has 0 aliphatic carbocycles. The number of hydrogen-bond donors (Lipinski definition) is 0. The Morgan fingerprint density at radius 1 is 1.08 bits per heavy atom. The number of rotatable bonds is 1. The van der Waals surface area contributed by atoms with E-state index in [-0.39, 0.29) is 0 Å². The van der Waals surface area contributed by atoms with Crippen LogP contribution in [0.1, 0.15) is 11.1 Å². The second-order valence-electron chi connectivity index (χ2n) is 3.29. The van der Waals surface area contributed by atoms with Crippen LogP contribution in [-0.4, -0.2) is 9.55 Å². The topological polar surface area (TPSA) is 17.8 Å². The van der Waals surface area contributed by atoms with Crippen molar-refractivity contribution in [1.29, 1.82) is 0 Å². The van der Waals surface area contributed by atoms with Gasteiger partial charge in [0.05, 0.1) is 0 Å². The van der Waals surface area contributed by atoms with Crippen molar-refractivity contribution >= 4 is 0 Å². The number of hydrogen-bond acceptors (Lipinski definition) is 1. The molecule has 0 unspecified atom stereocenters. The van der Waals surface area contributed by atoms with Crippen molar-refractivity contribution in [2.75, 3.05) is 0 Å². The first-order valence-electron chi connectivity index (χ1n) is 4.33. The largest absolute Gasteiger partial charge is 0.308 e. The number of aromatic nitrogens is 2. The highest BCUT2D eigenvalue weighted by molar-refractivity contribution is 5.27. The zero-order valence-corrected chi connectivity index (χ0v) is 7.86. The third kappa shape index (κ3) is 1.61. The van der Waals surface area contributed by atoms with Gasteiger partial charge in [-0.3, -0.25) is 0 Å². The fourth-order valence-corrected chi connectivity index (χ4v) is 1.26. The van der Waals surface area contributed by atoms with E-state index in [0.29, 0.717) is 0 Å². The first-order valence-corrected chi connectivity index (χ1v) is 4.33. The molecular weight excluding hydrogens is 160 g/mol. The smallest absolute Gasteiger partial charge is 0.136 e. The van der Waals surface area contributed by atoms with Gasteiger partial charge in [-0.15, -0.1) is 0 Å². The van der Waals surface area contributed by atoms with Crippen molar-refractivity contribution in [3.63, 3.8) is 0 Å². The van der Waals surface area contributed by atoms with E-state index in [1.54, 1.807) is 0 Å². The van der Waals surface area contributed by atoms with Gasteiger partial charge in [0.25, 0.3) is 0 Å². The fourth-order valence-electron chi connectivity index (χ4n) is 1.26. The Morgan fingerprint density at radius 3 is 2.46 bits per heavy atom. The van der Waals surface area contributed by atoms with E-state index < -0.39 is 0 Å². The van der Waals surface area contributed by atoms with Crippen LogP contribution in [-0.2, 0) is 0 Å². The molecule has 0 radical (unpaired) electrons. The maximum atomic E-state index is 4.32. The molecule has 13 heavy (non-hydrogen) atoms. The summed E-state index contributed by atoms with van der Waals surface area (Å²) < 4.78 is 2.02. The lowest BCUT2D eigenvalue weighted by atomic mass is 10.3. The summed E-state index contributed by atoms with van der Waals surface area (Å²) in [7, 11) is 0. The molecule has 66 valence electrons. The Bertz CT molecular complexity index is 398. The van der Waals surface area contributed by atoms with Crippen LogP contribution in [0.5, 0.6) is 0 Å². The summed E-state index contributed by atoms with van der Waals surface area (Å²) in [6.45, 7) is 4.11. The Labute approximate surface area is 77.9 Å². The van der Waals surface area contributed by atoms with E-state index in [0.717, 1.165) is 5.82 Å². The highest BCUT2D eigenvalue weighted by atomic mass is 15.0. The lowest BCUT2D eigenvalue weighted by Gasteiger charge is -2.00. The Morgan fingerprint density at radius 2 is 1.92 bits per heavy atom. The standard InChI is InChI=1S/C11H12N2/c1-9-3-4-11(12-7-9)13-6-5-10(2)8-13/h3-8H,1-2H3. The van der Waals surface area contributed by atoms with Crippen LogP contribution in [0.15, 0.2) is 36.8 Å². The van der Waals surface area contributed by atoms with Gasteiger partial charge in [0.1, 0.15) is 5.82 Å². The van der Waals surface area contributed by atoms with Crippen LogP contribution < -0.4 is 0 Å². The Hall–Kier alpha value is -1.57. The maximum absolute atomic E-state index is 4.32. The van der Waals surface area contributed by atoms with Crippen molar-refractivity contribution in [1.82, 2.24) is 9.55 Å². The molecule has 2 rings (SSSR count). The minimum atomic E-state index is 0.971. The monoisotopic (exact) mass is 172 g/mol. The normalized spacial score (nSPS) is 10.3. The highest BCUT2D eigenvalue weighted by Gasteiger charge is 1.96. The maximum Gasteiger partial charge on any atom is 0.136 e. The number of pyridine rings is 1. The van der Waals surface area contributed by atoms with Gasteiger partial charge in [-0.05, 0) is 37.1 Å². The summed E-state index contributed by atoms with van der Waals surface area (Å²) in [5.74, 6) is 0.971. The zero-order chi connectivity index (χ0) is 9.26. The summed E-state index contributed by atoms with van der Waals surface area (Å²) in [6.07, 6.45) is 5.97. The van der Waals surface area contributed by atoms with Crippen LogP contribution in [0.3, 0.4) is 0 Å². The van der Waals surface area contributed by atoms with Crippen molar-refractivity contribution in [2.45, 2.75) is 13.8 Å². The zero-order valence-electron chi connectivity index (χ0n) is 7.86. The van der Waals surface area contributed by atoms with Crippen LogP contribution >= 0.6 is 0 Å². The van der Waals surface area contributed by atoms with Crippen molar-refractivity contribution in [3.05, 3.63) is 47.9 Å². The molecule has 0 N–H and O–H groups in total.